The number of nitrogens with zero attached hydrogens (tertiary/aromatic N) is 4. The number of hydrogen-bond donors (Lipinski definition) is 0. The van der Waals surface area contributed by atoms with E-state index in [1.54, 1.807) is 6.20 Å². The van der Waals surface area contributed by atoms with E-state index in [9.17, 15) is 4.79 Å². The summed E-state index contributed by atoms with van der Waals surface area (Å²) < 4.78 is 4.88. The van der Waals surface area contributed by atoms with Gasteiger partial charge in [0.15, 0.2) is 6.39 Å². The number of aromatic nitrogens is 2. The predicted molar refractivity (Wildman–Crippen MR) is 73.2 cm³/mol. The first-order valence-corrected chi connectivity index (χ1v) is 6.64. The van der Waals surface area contributed by atoms with E-state index in [1.165, 1.54) is 12.7 Å². The maximum absolute atomic E-state index is 12.1. The molecule has 0 atom stereocenters. The maximum atomic E-state index is 12.1. The molecule has 0 radical (unpaired) electrons. The predicted octanol–water partition coefficient (Wildman–Crippen LogP) is 0.961. The van der Waals surface area contributed by atoms with Crippen LogP contribution in [0, 0.1) is 0 Å². The Bertz CT molecular complexity index is 548. The Hall–Kier alpha value is -2.37. The number of carbonyl (C=O) groups is 1. The van der Waals surface area contributed by atoms with Crippen molar-refractivity contribution in [3.05, 3.63) is 42.7 Å². The summed E-state index contributed by atoms with van der Waals surface area (Å²) in [5.41, 5.74) is 0.683. The summed E-state index contributed by atoms with van der Waals surface area (Å²) in [6.07, 6.45) is 4.96. The minimum absolute atomic E-state index is 0.0968. The van der Waals surface area contributed by atoms with Gasteiger partial charge in [-0.2, -0.15) is 0 Å². The molecule has 1 saturated heterocycles. The SMILES string of the molecule is O=C(Cc1cocn1)N1CCN(c2ccccn2)CC1. The molecule has 0 N–H and O–H groups in total. The quantitative estimate of drug-likeness (QED) is 0.833. The van der Waals surface area contributed by atoms with Crippen molar-refractivity contribution >= 4 is 11.7 Å². The molecule has 0 saturated carbocycles. The molecule has 0 aliphatic carbocycles. The van der Waals surface area contributed by atoms with E-state index in [-0.39, 0.29) is 5.91 Å². The Balaban J connectivity index is 1.54. The third-order valence-electron chi connectivity index (χ3n) is 3.42. The van der Waals surface area contributed by atoms with E-state index in [0.717, 1.165) is 18.9 Å². The van der Waals surface area contributed by atoms with Crippen LogP contribution in [0.1, 0.15) is 5.69 Å². The largest absolute Gasteiger partial charge is 0.451 e. The average molecular weight is 272 g/mol. The maximum Gasteiger partial charge on any atom is 0.228 e. The summed E-state index contributed by atoms with van der Waals surface area (Å²) in [5, 5.41) is 0. The second-order valence-corrected chi connectivity index (χ2v) is 4.71. The number of rotatable bonds is 3. The molecule has 1 fully saturated rings. The fraction of sp³-hybridized carbons (Fsp3) is 0.357. The van der Waals surface area contributed by atoms with Crippen LogP contribution < -0.4 is 4.90 Å². The Morgan fingerprint density at radius 3 is 2.70 bits per heavy atom. The molecule has 20 heavy (non-hydrogen) atoms. The molecular weight excluding hydrogens is 256 g/mol. The monoisotopic (exact) mass is 272 g/mol. The zero-order valence-corrected chi connectivity index (χ0v) is 11.1. The molecule has 2 aromatic rings. The van der Waals surface area contributed by atoms with Crippen LogP contribution in [0.2, 0.25) is 0 Å². The molecule has 1 aliphatic heterocycles. The molecule has 6 heteroatoms. The number of amides is 1. The van der Waals surface area contributed by atoms with Gasteiger partial charge in [-0.15, -0.1) is 0 Å². The van der Waals surface area contributed by atoms with Gasteiger partial charge in [-0.05, 0) is 12.1 Å². The van der Waals surface area contributed by atoms with Crippen molar-refractivity contribution in [2.75, 3.05) is 31.1 Å². The summed E-state index contributed by atoms with van der Waals surface area (Å²) in [4.78, 5) is 24.5. The highest BCUT2D eigenvalue weighted by molar-refractivity contribution is 5.78. The fourth-order valence-electron chi connectivity index (χ4n) is 2.32. The van der Waals surface area contributed by atoms with Crippen LogP contribution in [0.25, 0.3) is 0 Å². The van der Waals surface area contributed by atoms with Crippen LogP contribution in [0.5, 0.6) is 0 Å². The van der Waals surface area contributed by atoms with Gasteiger partial charge in [-0.3, -0.25) is 4.79 Å². The van der Waals surface area contributed by atoms with Crippen molar-refractivity contribution < 1.29 is 9.21 Å². The number of hydrogen-bond acceptors (Lipinski definition) is 5. The highest BCUT2D eigenvalue weighted by Crippen LogP contribution is 2.13. The van der Waals surface area contributed by atoms with Gasteiger partial charge in [0.2, 0.25) is 5.91 Å². The molecule has 2 aromatic heterocycles. The second kappa shape index (κ2) is 5.73. The highest BCUT2D eigenvalue weighted by atomic mass is 16.3. The van der Waals surface area contributed by atoms with Crippen molar-refractivity contribution in [1.82, 2.24) is 14.9 Å². The number of anilines is 1. The van der Waals surface area contributed by atoms with Crippen molar-refractivity contribution in [2.24, 2.45) is 0 Å². The lowest BCUT2D eigenvalue weighted by Gasteiger charge is -2.35. The lowest BCUT2D eigenvalue weighted by molar-refractivity contribution is -0.130. The van der Waals surface area contributed by atoms with Gasteiger partial charge in [-0.25, -0.2) is 9.97 Å². The number of carbonyl (C=O) groups excluding carboxylic acids is 1. The Morgan fingerprint density at radius 1 is 1.20 bits per heavy atom. The molecule has 0 aromatic carbocycles. The topological polar surface area (TPSA) is 62.5 Å². The molecule has 1 amide bonds. The van der Waals surface area contributed by atoms with Gasteiger partial charge in [0.25, 0.3) is 0 Å². The molecule has 1 aliphatic rings. The first-order chi connectivity index (χ1) is 9.83. The first-order valence-electron chi connectivity index (χ1n) is 6.64. The van der Waals surface area contributed by atoms with Gasteiger partial charge < -0.3 is 14.2 Å². The second-order valence-electron chi connectivity index (χ2n) is 4.71. The van der Waals surface area contributed by atoms with Gasteiger partial charge in [0, 0.05) is 32.4 Å². The van der Waals surface area contributed by atoms with Crippen LogP contribution in [0.4, 0.5) is 5.82 Å². The Labute approximate surface area is 117 Å². The molecule has 0 unspecified atom stereocenters. The zero-order chi connectivity index (χ0) is 13.8. The van der Waals surface area contributed by atoms with E-state index in [0.29, 0.717) is 25.2 Å². The van der Waals surface area contributed by atoms with Crippen LogP contribution in [0.3, 0.4) is 0 Å². The minimum atomic E-state index is 0.0968. The number of piperazine rings is 1. The molecule has 3 heterocycles. The average Bonchev–Trinajstić information content (AvgIpc) is 3.01. The summed E-state index contributed by atoms with van der Waals surface area (Å²) >= 11 is 0. The van der Waals surface area contributed by atoms with Crippen LogP contribution in [-0.2, 0) is 11.2 Å². The summed E-state index contributed by atoms with van der Waals surface area (Å²) in [7, 11) is 0. The fourth-order valence-corrected chi connectivity index (χ4v) is 2.32. The minimum Gasteiger partial charge on any atom is -0.451 e. The Morgan fingerprint density at radius 2 is 2.05 bits per heavy atom. The summed E-state index contributed by atoms with van der Waals surface area (Å²) in [5.74, 6) is 1.07. The lowest BCUT2D eigenvalue weighted by atomic mass is 10.2. The van der Waals surface area contributed by atoms with Crippen molar-refractivity contribution in [3.63, 3.8) is 0 Å². The van der Waals surface area contributed by atoms with E-state index in [1.807, 2.05) is 23.1 Å². The third-order valence-corrected chi connectivity index (χ3v) is 3.42. The van der Waals surface area contributed by atoms with Crippen LogP contribution in [-0.4, -0.2) is 47.0 Å². The highest BCUT2D eigenvalue weighted by Gasteiger charge is 2.22. The van der Waals surface area contributed by atoms with Crippen molar-refractivity contribution in [2.45, 2.75) is 6.42 Å². The molecule has 0 spiro atoms. The van der Waals surface area contributed by atoms with E-state index >= 15 is 0 Å². The standard InChI is InChI=1S/C14H16N4O2/c19-14(9-12-10-20-11-16-12)18-7-5-17(6-8-18)13-3-1-2-4-15-13/h1-4,10-11H,5-9H2. The smallest absolute Gasteiger partial charge is 0.228 e. The summed E-state index contributed by atoms with van der Waals surface area (Å²) in [6, 6.07) is 5.87. The zero-order valence-electron chi connectivity index (χ0n) is 11.1. The first kappa shape index (κ1) is 12.7. The van der Waals surface area contributed by atoms with E-state index < -0.39 is 0 Å². The number of oxazole rings is 1. The normalized spacial score (nSPS) is 15.4. The van der Waals surface area contributed by atoms with E-state index in [2.05, 4.69) is 14.9 Å². The summed E-state index contributed by atoms with van der Waals surface area (Å²) in [6.45, 7) is 3.05. The lowest BCUT2D eigenvalue weighted by Crippen LogP contribution is -2.49. The van der Waals surface area contributed by atoms with Crippen LogP contribution >= 0.6 is 0 Å². The molecule has 6 nitrogen and oxygen atoms in total. The Kier molecular flexibility index (Phi) is 3.62. The molecular formula is C14H16N4O2. The third kappa shape index (κ3) is 2.79. The number of pyridine rings is 1. The van der Waals surface area contributed by atoms with Gasteiger partial charge in [-0.1, -0.05) is 6.07 Å². The van der Waals surface area contributed by atoms with Crippen molar-refractivity contribution in [1.29, 1.82) is 0 Å². The van der Waals surface area contributed by atoms with Gasteiger partial charge >= 0.3 is 0 Å². The van der Waals surface area contributed by atoms with Crippen LogP contribution in [0.15, 0.2) is 41.5 Å². The van der Waals surface area contributed by atoms with E-state index in [4.69, 9.17) is 4.42 Å². The molecule has 0 bridgehead atoms. The van der Waals surface area contributed by atoms with Crippen molar-refractivity contribution in [3.8, 4) is 0 Å². The van der Waals surface area contributed by atoms with Gasteiger partial charge in [0.1, 0.15) is 12.1 Å². The molecule has 104 valence electrons. The molecule has 3 rings (SSSR count). The van der Waals surface area contributed by atoms with Gasteiger partial charge in [0.05, 0.1) is 12.1 Å².